The zero-order valence-electron chi connectivity index (χ0n) is 14.3. The van der Waals surface area contributed by atoms with Gasteiger partial charge in [-0.25, -0.2) is 5.53 Å². The lowest BCUT2D eigenvalue weighted by Crippen LogP contribution is -2.45. The molecule has 1 aromatic carbocycles. The Bertz CT molecular complexity index is 707. The highest BCUT2D eigenvalue weighted by atomic mass is 16.5. The Balaban J connectivity index is 1.79. The number of carbonyl (C=O) groups is 1. The molecule has 2 atom stereocenters. The van der Waals surface area contributed by atoms with Gasteiger partial charge in [0.15, 0.2) is 0 Å². The molecule has 1 aromatic rings. The van der Waals surface area contributed by atoms with Gasteiger partial charge in [0.2, 0.25) is 0 Å². The molecule has 7 nitrogen and oxygen atoms in total. The van der Waals surface area contributed by atoms with E-state index in [1.54, 1.807) is 6.21 Å². The maximum Gasteiger partial charge on any atom is 0.254 e. The van der Waals surface area contributed by atoms with Gasteiger partial charge >= 0.3 is 0 Å². The van der Waals surface area contributed by atoms with Crippen molar-refractivity contribution in [2.45, 2.75) is 25.5 Å². The van der Waals surface area contributed by atoms with Crippen LogP contribution in [0.15, 0.2) is 40.0 Å². The van der Waals surface area contributed by atoms with Crippen molar-refractivity contribution in [3.63, 3.8) is 0 Å². The largest absolute Gasteiger partial charge is 0.366 e. The van der Waals surface area contributed by atoms with Gasteiger partial charge in [-0.2, -0.15) is 5.11 Å². The lowest BCUT2D eigenvalue weighted by atomic mass is 9.92. The van der Waals surface area contributed by atoms with Crippen LogP contribution in [0.4, 0.5) is 5.69 Å². The Morgan fingerprint density at radius 2 is 2.40 bits per heavy atom. The first-order chi connectivity index (χ1) is 12.2. The molecule has 0 bridgehead atoms. The van der Waals surface area contributed by atoms with Crippen molar-refractivity contribution in [2.75, 3.05) is 31.6 Å². The van der Waals surface area contributed by atoms with Crippen LogP contribution in [0.25, 0.3) is 0 Å². The van der Waals surface area contributed by atoms with E-state index in [4.69, 9.17) is 10.3 Å². The van der Waals surface area contributed by atoms with E-state index in [9.17, 15) is 4.79 Å². The number of hydrogen-bond donors (Lipinski definition) is 3. The van der Waals surface area contributed by atoms with Crippen LogP contribution >= 0.6 is 0 Å². The van der Waals surface area contributed by atoms with Crippen molar-refractivity contribution in [1.82, 2.24) is 5.32 Å². The molecule has 2 heterocycles. The van der Waals surface area contributed by atoms with Crippen LogP contribution in [-0.4, -0.2) is 44.5 Å². The van der Waals surface area contributed by atoms with Gasteiger partial charge in [0.1, 0.15) is 12.1 Å². The fourth-order valence-corrected chi connectivity index (χ4v) is 3.05. The van der Waals surface area contributed by atoms with Crippen molar-refractivity contribution in [2.24, 2.45) is 10.1 Å². The smallest absolute Gasteiger partial charge is 0.254 e. The van der Waals surface area contributed by atoms with E-state index in [-0.39, 0.29) is 11.9 Å². The van der Waals surface area contributed by atoms with Crippen LogP contribution in [0, 0.1) is 12.5 Å². The van der Waals surface area contributed by atoms with Crippen LogP contribution in [0.3, 0.4) is 0 Å². The average Bonchev–Trinajstić information content (AvgIpc) is 2.66. The zero-order chi connectivity index (χ0) is 17.6. The van der Waals surface area contributed by atoms with Gasteiger partial charge in [0, 0.05) is 31.5 Å². The lowest BCUT2D eigenvalue weighted by molar-refractivity contribution is -0.128. The molecule has 1 saturated heterocycles. The van der Waals surface area contributed by atoms with Gasteiger partial charge in [-0.05, 0) is 48.3 Å². The minimum absolute atomic E-state index is 0.162. The zero-order valence-corrected chi connectivity index (χ0v) is 14.3. The highest BCUT2D eigenvalue weighted by Crippen LogP contribution is 2.32. The minimum Gasteiger partial charge on any atom is -0.366 e. The second-order valence-corrected chi connectivity index (χ2v) is 6.20. The van der Waals surface area contributed by atoms with Crippen molar-refractivity contribution in [1.29, 1.82) is 5.53 Å². The first-order valence-electron chi connectivity index (χ1n) is 8.48. The monoisotopic (exact) mass is 341 g/mol. The molecule has 2 aliphatic rings. The van der Waals surface area contributed by atoms with Crippen LogP contribution < -0.4 is 10.6 Å². The van der Waals surface area contributed by atoms with E-state index >= 15 is 0 Å². The van der Waals surface area contributed by atoms with E-state index in [0.717, 1.165) is 36.2 Å². The topological polar surface area (TPSA) is 98.9 Å². The number of morpholine rings is 1. The molecule has 3 rings (SSSR count). The maximum absolute atomic E-state index is 12.3. The second-order valence-electron chi connectivity index (χ2n) is 6.20. The molecule has 0 aromatic heterocycles. The molecule has 0 saturated carbocycles. The van der Waals surface area contributed by atoms with Crippen molar-refractivity contribution >= 4 is 17.8 Å². The van der Waals surface area contributed by atoms with Crippen LogP contribution in [-0.2, 0) is 9.53 Å². The Kier molecular flexibility index (Phi) is 5.67. The summed E-state index contributed by atoms with van der Waals surface area (Å²) >= 11 is 0. The number of benzene rings is 1. The first-order valence-corrected chi connectivity index (χ1v) is 8.48. The summed E-state index contributed by atoms with van der Waals surface area (Å²) in [5.74, 6) is -0.162. The predicted molar refractivity (Wildman–Crippen MR) is 96.4 cm³/mol. The molecule has 0 radical (unpaired) electrons. The van der Waals surface area contributed by atoms with Crippen LogP contribution in [0.2, 0.25) is 0 Å². The highest BCUT2D eigenvalue weighted by molar-refractivity contribution is 5.94. The molecule has 1 fully saturated rings. The Morgan fingerprint density at radius 3 is 3.08 bits per heavy atom. The molecule has 1 amide bonds. The Morgan fingerprint density at radius 1 is 1.52 bits per heavy atom. The van der Waals surface area contributed by atoms with E-state index in [1.165, 1.54) is 0 Å². The predicted octanol–water partition coefficient (Wildman–Crippen LogP) is 2.39. The summed E-state index contributed by atoms with van der Waals surface area (Å²) in [6.07, 6.45) is 4.01. The quantitative estimate of drug-likeness (QED) is 0.717. The summed E-state index contributed by atoms with van der Waals surface area (Å²) in [6.45, 7) is 4.53. The summed E-state index contributed by atoms with van der Waals surface area (Å²) in [7, 11) is 0. The third-order valence-electron chi connectivity index (χ3n) is 4.47. The normalized spacial score (nSPS) is 21.3. The number of nitrogens with one attached hydrogen (secondary N) is 3. The number of dihydropyridines is 1. The number of aryl methyl sites for hydroxylation is 1. The molecule has 7 heteroatoms. The van der Waals surface area contributed by atoms with Gasteiger partial charge in [-0.3, -0.25) is 9.79 Å². The number of ether oxygens (including phenoxy) is 1. The number of nitrogens with zero attached hydrogens (tertiary/aromatic N) is 2. The Hall–Kier alpha value is -2.38. The standard InChI is InChI=1S/C18H23N5O2/c1-12-2-3-14(22-18(24)16-11-21-8-9-25-16)10-15(12)17(23-19)13-4-6-20-7-5-13/h2-4,6,10,16-17,19,21H,5,7-9,11H2,1H3,(H,22,24). The molecule has 2 unspecified atom stereocenters. The second kappa shape index (κ2) is 8.13. The molecule has 0 spiro atoms. The molecule has 3 N–H and O–H groups in total. The SMILES string of the molecule is Cc1ccc(NC(=O)C2CNCCO2)cc1C(N=N)C1=CC=NCC1. The number of anilines is 1. The maximum atomic E-state index is 12.3. The molecule has 0 aliphatic carbocycles. The summed E-state index contributed by atoms with van der Waals surface area (Å²) in [4.78, 5) is 16.5. The summed E-state index contributed by atoms with van der Waals surface area (Å²) < 4.78 is 5.48. The van der Waals surface area contributed by atoms with Crippen molar-refractivity contribution < 1.29 is 9.53 Å². The lowest BCUT2D eigenvalue weighted by Gasteiger charge is -2.23. The van der Waals surface area contributed by atoms with Crippen molar-refractivity contribution in [3.8, 4) is 0 Å². The van der Waals surface area contributed by atoms with Gasteiger partial charge in [0.25, 0.3) is 5.91 Å². The van der Waals surface area contributed by atoms with E-state index in [2.05, 4.69) is 20.7 Å². The van der Waals surface area contributed by atoms with Crippen LogP contribution in [0.1, 0.15) is 23.6 Å². The summed E-state index contributed by atoms with van der Waals surface area (Å²) in [5.41, 5.74) is 11.4. The van der Waals surface area contributed by atoms with Crippen molar-refractivity contribution in [3.05, 3.63) is 41.0 Å². The number of allylic oxidation sites excluding steroid dienone is 1. The van der Waals surface area contributed by atoms with Crippen LogP contribution in [0.5, 0.6) is 0 Å². The molecular weight excluding hydrogens is 318 g/mol. The summed E-state index contributed by atoms with van der Waals surface area (Å²) in [6, 6.07) is 5.38. The minimum atomic E-state index is -0.479. The molecular formula is C18H23N5O2. The number of hydrogen-bond acceptors (Lipinski definition) is 6. The fourth-order valence-electron chi connectivity index (χ4n) is 3.05. The van der Waals surface area contributed by atoms with E-state index < -0.39 is 6.10 Å². The number of amides is 1. The van der Waals surface area contributed by atoms with Gasteiger partial charge < -0.3 is 15.4 Å². The van der Waals surface area contributed by atoms with Gasteiger partial charge in [0.05, 0.1) is 6.61 Å². The molecule has 2 aliphatic heterocycles. The fraction of sp³-hybridized carbons (Fsp3) is 0.444. The Labute approximate surface area is 147 Å². The number of rotatable bonds is 5. The first kappa shape index (κ1) is 17.4. The summed E-state index contributed by atoms with van der Waals surface area (Å²) in [5, 5.41) is 9.88. The molecule has 132 valence electrons. The third-order valence-corrected chi connectivity index (χ3v) is 4.47. The number of carbonyl (C=O) groups excluding carboxylic acids is 1. The number of aliphatic imine (C=N–C) groups is 1. The third kappa shape index (κ3) is 4.18. The van der Waals surface area contributed by atoms with E-state index in [1.807, 2.05) is 31.2 Å². The van der Waals surface area contributed by atoms with Gasteiger partial charge in [-0.1, -0.05) is 6.07 Å². The molecule has 25 heavy (non-hydrogen) atoms. The highest BCUT2D eigenvalue weighted by Gasteiger charge is 2.23. The average molecular weight is 341 g/mol. The van der Waals surface area contributed by atoms with Gasteiger partial charge in [-0.15, -0.1) is 0 Å². The van der Waals surface area contributed by atoms with E-state index in [0.29, 0.717) is 18.8 Å².